The molecular formula is C16H19N3. The van der Waals surface area contributed by atoms with Gasteiger partial charge in [0.15, 0.2) is 0 Å². The quantitative estimate of drug-likeness (QED) is 0.700. The van der Waals surface area contributed by atoms with Gasteiger partial charge in [-0.05, 0) is 35.4 Å². The minimum Gasteiger partial charge on any atom is -0.347 e. The normalized spacial score (nSPS) is 11.3. The lowest BCUT2D eigenvalue weighted by Crippen LogP contribution is -2.01. The van der Waals surface area contributed by atoms with Gasteiger partial charge in [0, 0.05) is 26.0 Å². The Labute approximate surface area is 113 Å². The summed E-state index contributed by atoms with van der Waals surface area (Å²) in [6, 6.07) is 8.77. The molecule has 0 atom stereocenters. The summed E-state index contributed by atoms with van der Waals surface area (Å²) in [5.74, 6) is 0. The van der Waals surface area contributed by atoms with Crippen LogP contribution in [0.4, 0.5) is 0 Å². The van der Waals surface area contributed by atoms with Crippen molar-refractivity contribution in [1.29, 1.82) is 0 Å². The van der Waals surface area contributed by atoms with Gasteiger partial charge < -0.3 is 4.57 Å². The molecule has 0 saturated heterocycles. The van der Waals surface area contributed by atoms with Gasteiger partial charge in [0.1, 0.15) is 0 Å². The Hall–Kier alpha value is -2.03. The van der Waals surface area contributed by atoms with Gasteiger partial charge in [0.25, 0.3) is 0 Å². The summed E-state index contributed by atoms with van der Waals surface area (Å²) in [7, 11) is 1.96. The van der Waals surface area contributed by atoms with Crippen LogP contribution in [0.1, 0.15) is 18.1 Å². The zero-order valence-electron chi connectivity index (χ0n) is 11.5. The first kappa shape index (κ1) is 12.0. The van der Waals surface area contributed by atoms with Crippen molar-refractivity contribution in [3.8, 4) is 0 Å². The van der Waals surface area contributed by atoms with Crippen LogP contribution in [0.2, 0.25) is 0 Å². The lowest BCUT2D eigenvalue weighted by molar-refractivity contribution is 0.718. The Morgan fingerprint density at radius 1 is 1.21 bits per heavy atom. The molecular weight excluding hydrogens is 234 g/mol. The highest BCUT2D eigenvalue weighted by atomic mass is 15.2. The van der Waals surface area contributed by atoms with Gasteiger partial charge in [-0.2, -0.15) is 5.10 Å². The summed E-state index contributed by atoms with van der Waals surface area (Å²) < 4.78 is 4.22. The molecule has 2 aromatic heterocycles. The third-order valence-electron chi connectivity index (χ3n) is 3.65. The van der Waals surface area contributed by atoms with E-state index < -0.39 is 0 Å². The van der Waals surface area contributed by atoms with Crippen molar-refractivity contribution in [2.75, 3.05) is 0 Å². The molecule has 0 unspecified atom stereocenters. The Morgan fingerprint density at radius 2 is 2.11 bits per heavy atom. The number of aryl methyl sites for hydroxylation is 4. The van der Waals surface area contributed by atoms with Crippen LogP contribution in [0, 0.1) is 0 Å². The van der Waals surface area contributed by atoms with E-state index in [1.165, 1.54) is 22.0 Å². The van der Waals surface area contributed by atoms with Gasteiger partial charge in [0.05, 0.1) is 11.7 Å². The number of hydrogen-bond donors (Lipinski definition) is 0. The second-order valence-electron chi connectivity index (χ2n) is 4.99. The van der Waals surface area contributed by atoms with Crippen molar-refractivity contribution >= 4 is 10.9 Å². The molecule has 3 heteroatoms. The Bertz CT molecular complexity index is 691. The number of hydrogen-bond acceptors (Lipinski definition) is 1. The largest absolute Gasteiger partial charge is 0.347 e. The van der Waals surface area contributed by atoms with Crippen LogP contribution in [-0.4, -0.2) is 14.3 Å². The molecule has 2 heterocycles. The maximum Gasteiger partial charge on any atom is 0.0522 e. The van der Waals surface area contributed by atoms with Gasteiger partial charge in [-0.25, -0.2) is 0 Å². The van der Waals surface area contributed by atoms with Crippen molar-refractivity contribution in [1.82, 2.24) is 14.3 Å². The van der Waals surface area contributed by atoms with E-state index in [-0.39, 0.29) is 0 Å². The maximum absolute atomic E-state index is 4.22. The molecule has 0 N–H and O–H groups in total. The van der Waals surface area contributed by atoms with Crippen LogP contribution in [0.5, 0.6) is 0 Å². The van der Waals surface area contributed by atoms with E-state index in [4.69, 9.17) is 0 Å². The second-order valence-corrected chi connectivity index (χ2v) is 4.99. The zero-order chi connectivity index (χ0) is 13.2. The summed E-state index contributed by atoms with van der Waals surface area (Å²) in [4.78, 5) is 0. The minimum absolute atomic E-state index is 1.01. The van der Waals surface area contributed by atoms with Crippen molar-refractivity contribution in [3.63, 3.8) is 0 Å². The lowest BCUT2D eigenvalue weighted by atomic mass is 10.1. The fourth-order valence-electron chi connectivity index (χ4n) is 2.66. The smallest absolute Gasteiger partial charge is 0.0522 e. The van der Waals surface area contributed by atoms with E-state index in [2.05, 4.69) is 53.2 Å². The molecule has 3 rings (SSSR count). The molecule has 98 valence electrons. The zero-order valence-corrected chi connectivity index (χ0v) is 11.5. The molecule has 0 bridgehead atoms. The first-order chi connectivity index (χ1) is 9.28. The topological polar surface area (TPSA) is 22.8 Å². The highest BCUT2D eigenvalue weighted by molar-refractivity contribution is 5.83. The SMILES string of the molecule is CCc1cccc2ccn(CCc3cnn(C)c3)c12. The van der Waals surface area contributed by atoms with E-state index in [9.17, 15) is 0 Å². The third kappa shape index (κ3) is 2.28. The van der Waals surface area contributed by atoms with Crippen molar-refractivity contribution < 1.29 is 0 Å². The second kappa shape index (κ2) is 4.92. The minimum atomic E-state index is 1.01. The van der Waals surface area contributed by atoms with E-state index in [0.29, 0.717) is 0 Å². The highest BCUT2D eigenvalue weighted by Gasteiger charge is 2.05. The van der Waals surface area contributed by atoms with Crippen LogP contribution in [-0.2, 0) is 26.4 Å². The molecule has 3 nitrogen and oxygen atoms in total. The lowest BCUT2D eigenvalue weighted by Gasteiger charge is -2.08. The molecule has 3 aromatic rings. The Balaban J connectivity index is 1.88. The number of aromatic nitrogens is 3. The van der Waals surface area contributed by atoms with Crippen LogP contribution >= 0.6 is 0 Å². The summed E-state index contributed by atoms with van der Waals surface area (Å²) in [6.07, 6.45) is 8.34. The molecule has 0 amide bonds. The number of nitrogens with zero attached hydrogens (tertiary/aromatic N) is 3. The third-order valence-corrected chi connectivity index (χ3v) is 3.65. The fraction of sp³-hybridized carbons (Fsp3) is 0.312. The van der Waals surface area contributed by atoms with Gasteiger partial charge in [-0.15, -0.1) is 0 Å². The molecule has 0 spiro atoms. The van der Waals surface area contributed by atoms with Gasteiger partial charge in [0.2, 0.25) is 0 Å². The van der Waals surface area contributed by atoms with Gasteiger partial charge in [-0.3, -0.25) is 4.68 Å². The van der Waals surface area contributed by atoms with Crippen LogP contribution < -0.4 is 0 Å². The molecule has 19 heavy (non-hydrogen) atoms. The fourth-order valence-corrected chi connectivity index (χ4v) is 2.66. The molecule has 0 fully saturated rings. The molecule has 1 aromatic carbocycles. The van der Waals surface area contributed by atoms with Crippen molar-refractivity contribution in [2.24, 2.45) is 7.05 Å². The highest BCUT2D eigenvalue weighted by Crippen LogP contribution is 2.21. The molecule has 0 radical (unpaired) electrons. The van der Waals surface area contributed by atoms with E-state index in [1.54, 1.807) is 0 Å². The molecule has 0 saturated carbocycles. The van der Waals surface area contributed by atoms with E-state index in [0.717, 1.165) is 19.4 Å². The van der Waals surface area contributed by atoms with Crippen LogP contribution in [0.3, 0.4) is 0 Å². The molecule has 0 aliphatic carbocycles. The number of para-hydroxylation sites is 1. The monoisotopic (exact) mass is 253 g/mol. The average molecular weight is 253 g/mol. The van der Waals surface area contributed by atoms with Crippen molar-refractivity contribution in [2.45, 2.75) is 26.3 Å². The van der Waals surface area contributed by atoms with Gasteiger partial charge >= 0.3 is 0 Å². The predicted octanol–water partition coefficient (Wildman–Crippen LogP) is 3.18. The standard InChI is InChI=1S/C16H19N3/c1-3-14-5-4-6-15-8-10-19(16(14)15)9-7-13-11-17-18(2)12-13/h4-6,8,10-12H,3,7,9H2,1-2H3. The maximum atomic E-state index is 4.22. The van der Waals surface area contributed by atoms with E-state index >= 15 is 0 Å². The van der Waals surface area contributed by atoms with Crippen LogP contribution in [0.15, 0.2) is 42.9 Å². The number of fused-ring (bicyclic) bond motifs is 1. The predicted molar refractivity (Wildman–Crippen MR) is 78.2 cm³/mol. The Morgan fingerprint density at radius 3 is 2.84 bits per heavy atom. The summed E-state index contributed by atoms with van der Waals surface area (Å²) in [5, 5.41) is 5.56. The molecule has 0 aliphatic heterocycles. The van der Waals surface area contributed by atoms with Gasteiger partial charge in [-0.1, -0.05) is 25.1 Å². The molecule has 0 aliphatic rings. The summed E-state index contributed by atoms with van der Waals surface area (Å²) in [6.45, 7) is 3.22. The first-order valence-corrected chi connectivity index (χ1v) is 6.82. The number of rotatable bonds is 4. The summed E-state index contributed by atoms with van der Waals surface area (Å²) >= 11 is 0. The van der Waals surface area contributed by atoms with E-state index in [1.807, 2.05) is 17.9 Å². The summed E-state index contributed by atoms with van der Waals surface area (Å²) in [5.41, 5.74) is 4.10. The first-order valence-electron chi connectivity index (χ1n) is 6.82. The number of benzene rings is 1. The average Bonchev–Trinajstić information content (AvgIpc) is 3.02. The van der Waals surface area contributed by atoms with Crippen molar-refractivity contribution in [3.05, 3.63) is 54.0 Å². The van der Waals surface area contributed by atoms with Crippen LogP contribution in [0.25, 0.3) is 10.9 Å². The Kier molecular flexibility index (Phi) is 3.11.